The zero-order valence-corrected chi connectivity index (χ0v) is 10.0. The van der Waals surface area contributed by atoms with Gasteiger partial charge in [-0.1, -0.05) is 11.6 Å². The van der Waals surface area contributed by atoms with Crippen molar-refractivity contribution < 1.29 is 9.18 Å². The summed E-state index contributed by atoms with van der Waals surface area (Å²) in [4.78, 5) is 11.7. The first-order chi connectivity index (χ1) is 8.08. The van der Waals surface area contributed by atoms with E-state index in [0.29, 0.717) is 12.5 Å². The number of hydrogen-bond acceptors (Lipinski definition) is 2. The number of carbonyl (C=O) groups excluding carboxylic acids is 1. The second kappa shape index (κ2) is 5.02. The van der Waals surface area contributed by atoms with Crippen LogP contribution in [0, 0.1) is 11.7 Å². The molecule has 1 saturated carbocycles. The minimum absolute atomic E-state index is 0.00361. The van der Waals surface area contributed by atoms with E-state index in [1.165, 1.54) is 12.1 Å². The van der Waals surface area contributed by atoms with Crippen molar-refractivity contribution in [2.24, 2.45) is 11.7 Å². The Morgan fingerprint density at radius 1 is 1.59 bits per heavy atom. The number of hydrogen-bond donors (Lipinski definition) is 2. The molecule has 0 heterocycles. The number of nitrogens with one attached hydrogen (secondary N) is 1. The third kappa shape index (κ3) is 3.17. The quantitative estimate of drug-likeness (QED) is 0.865. The van der Waals surface area contributed by atoms with Gasteiger partial charge in [-0.25, -0.2) is 4.39 Å². The molecule has 92 valence electrons. The van der Waals surface area contributed by atoms with Crippen molar-refractivity contribution in [2.75, 3.05) is 6.54 Å². The highest BCUT2D eigenvalue weighted by Crippen LogP contribution is 2.31. The second-order valence-electron chi connectivity index (χ2n) is 4.34. The molecule has 1 aromatic carbocycles. The van der Waals surface area contributed by atoms with Gasteiger partial charge in [0.05, 0.1) is 5.02 Å². The first-order valence-corrected chi connectivity index (χ1v) is 5.94. The van der Waals surface area contributed by atoms with E-state index < -0.39 is 5.82 Å². The minimum Gasteiger partial charge on any atom is -0.350 e. The van der Waals surface area contributed by atoms with Gasteiger partial charge >= 0.3 is 0 Å². The molecule has 3 N–H and O–H groups in total. The van der Waals surface area contributed by atoms with Crippen molar-refractivity contribution in [3.8, 4) is 0 Å². The molecule has 17 heavy (non-hydrogen) atoms. The Hall–Kier alpha value is -1.13. The van der Waals surface area contributed by atoms with Crippen molar-refractivity contribution in [1.82, 2.24) is 5.32 Å². The maximum atomic E-state index is 13.1. The van der Waals surface area contributed by atoms with Gasteiger partial charge in [-0.3, -0.25) is 4.79 Å². The fourth-order valence-electron chi connectivity index (χ4n) is 1.64. The molecule has 1 aromatic rings. The minimum atomic E-state index is -0.592. The van der Waals surface area contributed by atoms with E-state index in [1.54, 1.807) is 0 Å². The van der Waals surface area contributed by atoms with E-state index in [0.717, 1.165) is 18.9 Å². The highest BCUT2D eigenvalue weighted by Gasteiger charge is 2.28. The number of carbonyl (C=O) groups is 1. The first-order valence-electron chi connectivity index (χ1n) is 5.57. The topological polar surface area (TPSA) is 55.1 Å². The fraction of sp³-hybridized carbons (Fsp3) is 0.417. The third-order valence-electron chi connectivity index (χ3n) is 2.91. The predicted octanol–water partition coefficient (Wildman–Crippen LogP) is 1.95. The molecule has 5 heteroatoms. The normalized spacial score (nSPS) is 16.6. The lowest BCUT2D eigenvalue weighted by Gasteiger charge is -2.11. The van der Waals surface area contributed by atoms with Crippen LogP contribution in [-0.2, 0) is 0 Å². The Labute approximate surface area is 104 Å². The Morgan fingerprint density at radius 2 is 2.29 bits per heavy atom. The molecule has 3 nitrogen and oxygen atoms in total. The van der Waals surface area contributed by atoms with E-state index in [4.69, 9.17) is 17.3 Å². The van der Waals surface area contributed by atoms with E-state index in [-0.39, 0.29) is 22.5 Å². The second-order valence-corrected chi connectivity index (χ2v) is 4.75. The van der Waals surface area contributed by atoms with E-state index in [1.807, 2.05) is 0 Å². The smallest absolute Gasteiger partial charge is 0.251 e. The van der Waals surface area contributed by atoms with Crippen molar-refractivity contribution in [3.63, 3.8) is 0 Å². The van der Waals surface area contributed by atoms with Crippen LogP contribution in [0.25, 0.3) is 0 Å². The fourth-order valence-corrected chi connectivity index (χ4v) is 1.76. The van der Waals surface area contributed by atoms with Crippen LogP contribution < -0.4 is 11.1 Å². The summed E-state index contributed by atoms with van der Waals surface area (Å²) in [6, 6.07) is 3.98. The van der Waals surface area contributed by atoms with Crippen molar-refractivity contribution in [2.45, 2.75) is 18.9 Å². The van der Waals surface area contributed by atoms with Crippen molar-refractivity contribution >= 4 is 17.5 Å². The van der Waals surface area contributed by atoms with Crippen molar-refractivity contribution in [1.29, 1.82) is 0 Å². The molecular weight excluding hydrogens is 243 g/mol. The largest absolute Gasteiger partial charge is 0.350 e. The molecule has 1 aliphatic carbocycles. The number of halogens is 2. The Bertz CT molecular complexity index is 435. The maximum Gasteiger partial charge on any atom is 0.251 e. The highest BCUT2D eigenvalue weighted by molar-refractivity contribution is 6.30. The van der Waals surface area contributed by atoms with Crippen LogP contribution in [0.5, 0.6) is 0 Å². The van der Waals surface area contributed by atoms with Crippen LogP contribution >= 0.6 is 11.6 Å². The summed E-state index contributed by atoms with van der Waals surface area (Å²) >= 11 is 5.54. The van der Waals surface area contributed by atoms with Gasteiger partial charge in [-0.15, -0.1) is 0 Å². The molecular formula is C12H14ClFN2O. The molecule has 1 aliphatic rings. The van der Waals surface area contributed by atoms with Crippen LogP contribution in [0.15, 0.2) is 18.2 Å². The van der Waals surface area contributed by atoms with Crippen LogP contribution in [-0.4, -0.2) is 18.5 Å². The molecule has 0 radical (unpaired) electrons. The average molecular weight is 257 g/mol. The lowest BCUT2D eigenvalue weighted by atomic mass is 10.1. The summed E-state index contributed by atoms with van der Waals surface area (Å²) in [6.45, 7) is 0.424. The van der Waals surface area contributed by atoms with Gasteiger partial charge in [0.2, 0.25) is 0 Å². The zero-order valence-electron chi connectivity index (χ0n) is 9.25. The maximum absolute atomic E-state index is 13.1. The number of benzene rings is 1. The number of amides is 1. The monoisotopic (exact) mass is 256 g/mol. The summed E-state index contributed by atoms with van der Waals surface area (Å²) < 4.78 is 13.1. The van der Waals surface area contributed by atoms with Crippen molar-refractivity contribution in [3.05, 3.63) is 34.6 Å². The molecule has 0 spiro atoms. The van der Waals surface area contributed by atoms with E-state index in [9.17, 15) is 9.18 Å². The SMILES string of the molecule is NC(CNC(=O)c1ccc(Cl)c(F)c1)C1CC1. The Kier molecular flexibility index (Phi) is 3.64. The van der Waals surface area contributed by atoms with Gasteiger partial charge in [-0.05, 0) is 37.0 Å². The van der Waals surface area contributed by atoms with Crippen LogP contribution in [0.2, 0.25) is 5.02 Å². The third-order valence-corrected chi connectivity index (χ3v) is 3.21. The first kappa shape index (κ1) is 12.3. The number of rotatable bonds is 4. The molecule has 1 amide bonds. The van der Waals surface area contributed by atoms with Gasteiger partial charge in [-0.2, -0.15) is 0 Å². The Morgan fingerprint density at radius 3 is 2.88 bits per heavy atom. The predicted molar refractivity (Wildman–Crippen MR) is 64.4 cm³/mol. The Balaban J connectivity index is 1.92. The van der Waals surface area contributed by atoms with Gasteiger partial charge in [0.15, 0.2) is 0 Å². The molecule has 0 saturated heterocycles. The van der Waals surface area contributed by atoms with Gasteiger partial charge in [0.25, 0.3) is 5.91 Å². The molecule has 0 aromatic heterocycles. The van der Waals surface area contributed by atoms with Crippen LogP contribution in [0.1, 0.15) is 23.2 Å². The lowest BCUT2D eigenvalue weighted by molar-refractivity contribution is 0.0950. The molecule has 1 unspecified atom stereocenters. The van der Waals surface area contributed by atoms with E-state index >= 15 is 0 Å². The average Bonchev–Trinajstić information content (AvgIpc) is 3.13. The standard InChI is InChI=1S/C12H14ClFN2O/c13-9-4-3-8(5-10(9)14)12(17)16-6-11(15)7-1-2-7/h3-5,7,11H,1-2,6,15H2,(H,16,17). The lowest BCUT2D eigenvalue weighted by Crippen LogP contribution is -2.38. The molecule has 1 fully saturated rings. The molecule has 0 bridgehead atoms. The summed E-state index contributed by atoms with van der Waals surface area (Å²) in [5.74, 6) is -0.389. The van der Waals surface area contributed by atoms with E-state index in [2.05, 4.69) is 5.32 Å². The van der Waals surface area contributed by atoms with Gasteiger partial charge in [0.1, 0.15) is 5.82 Å². The zero-order chi connectivity index (χ0) is 12.4. The summed E-state index contributed by atoms with van der Waals surface area (Å²) in [7, 11) is 0. The van der Waals surface area contributed by atoms with Gasteiger partial charge in [0, 0.05) is 18.2 Å². The molecule has 2 rings (SSSR count). The summed E-state index contributed by atoms with van der Waals surface area (Å²) in [5.41, 5.74) is 6.11. The van der Waals surface area contributed by atoms with Gasteiger partial charge < -0.3 is 11.1 Å². The number of nitrogens with two attached hydrogens (primary N) is 1. The molecule has 0 aliphatic heterocycles. The molecule has 1 atom stereocenters. The summed E-state index contributed by atoms with van der Waals surface area (Å²) in [5, 5.41) is 2.70. The van der Waals surface area contributed by atoms with Crippen LogP contribution in [0.4, 0.5) is 4.39 Å². The highest BCUT2D eigenvalue weighted by atomic mass is 35.5. The summed E-state index contributed by atoms with van der Waals surface area (Å²) in [6.07, 6.45) is 2.26. The van der Waals surface area contributed by atoms with Crippen LogP contribution in [0.3, 0.4) is 0 Å².